The van der Waals surface area contributed by atoms with Crippen LogP contribution >= 0.6 is 0 Å². The van der Waals surface area contributed by atoms with E-state index in [-0.39, 0.29) is 0 Å². The van der Waals surface area contributed by atoms with Crippen LogP contribution in [0.3, 0.4) is 0 Å². The monoisotopic (exact) mass is 137 g/mol. The van der Waals surface area contributed by atoms with Gasteiger partial charge in [-0.15, -0.1) is 0 Å². The average Bonchev–Trinajstić information content (AvgIpc) is 1.98. The van der Waals surface area contributed by atoms with Crippen LogP contribution in [0.15, 0.2) is 0 Å². The fourth-order valence-electron chi connectivity index (χ4n) is 0.119. The molecule has 0 aromatic heterocycles. The molecule has 0 bridgehead atoms. The van der Waals surface area contributed by atoms with Crippen molar-refractivity contribution in [2.24, 2.45) is 0 Å². The van der Waals surface area contributed by atoms with Crippen LogP contribution in [-0.2, 0) is 9.59 Å². The van der Waals surface area contributed by atoms with Crippen molar-refractivity contribution in [2.45, 2.75) is 19.4 Å². The van der Waals surface area contributed by atoms with E-state index in [9.17, 15) is 9.59 Å². The van der Waals surface area contributed by atoms with Crippen LogP contribution < -0.4 is 0 Å². The zero-order chi connectivity index (χ0) is 10.9. The molecule has 4 heteroatoms. The third-order valence-electron chi connectivity index (χ3n) is 0.713. The number of carbonyl (C=O) groups excluding carboxylic acids is 1. The number of carboxylic acid groups (broad SMARTS) is 1. The van der Waals surface area contributed by atoms with Crippen molar-refractivity contribution >= 4 is 11.8 Å². The van der Waals surface area contributed by atoms with Crippen LogP contribution in [0.1, 0.15) is 19.2 Å². The largest absolute Gasteiger partial charge is 0.479 e. The van der Waals surface area contributed by atoms with Crippen molar-refractivity contribution in [1.29, 1.82) is 0 Å². The van der Waals surface area contributed by atoms with Gasteiger partial charge in [-0.3, -0.25) is 4.79 Å². The zero-order valence-corrected chi connectivity index (χ0v) is 4.42. The number of hydrogen-bond acceptors (Lipinski definition) is 3. The van der Waals surface area contributed by atoms with Crippen molar-refractivity contribution in [3.63, 3.8) is 0 Å². The number of Topliss-reactive ketones (excluding diaryl/α,β-unsaturated/α-hetero) is 1. The van der Waals surface area contributed by atoms with E-state index in [4.69, 9.17) is 15.7 Å². The molecule has 1 unspecified atom stereocenters. The van der Waals surface area contributed by atoms with Crippen LogP contribution in [0.2, 0.25) is 0 Å². The van der Waals surface area contributed by atoms with E-state index in [0.29, 0.717) is 0 Å². The lowest BCUT2D eigenvalue weighted by Gasteiger charge is -2.11. The molecular weight excluding hydrogens is 125 g/mol. The minimum absolute atomic E-state index is 1.10. The van der Waals surface area contributed by atoms with Crippen LogP contribution in [0.25, 0.3) is 0 Å². The first-order valence-corrected chi connectivity index (χ1v) is 1.96. The van der Waals surface area contributed by atoms with E-state index < -0.39 is 31.1 Å². The quantitative estimate of drug-likeness (QED) is 0.394. The number of carboxylic acids is 1. The first-order valence-electron chi connectivity index (χ1n) is 4.17. The summed E-state index contributed by atoms with van der Waals surface area (Å²) in [5, 5.41) is 17.4. The van der Waals surface area contributed by atoms with E-state index in [1.165, 1.54) is 0 Å². The Hall–Kier alpha value is -0.900. The van der Waals surface area contributed by atoms with Crippen LogP contribution in [0.4, 0.5) is 0 Å². The summed E-state index contributed by atoms with van der Waals surface area (Å²) in [5.41, 5.74) is -3.46. The van der Waals surface area contributed by atoms with Crippen molar-refractivity contribution in [2.75, 3.05) is 0 Å². The zero-order valence-electron chi connectivity index (χ0n) is 8.42. The molecule has 0 fully saturated rings. The van der Waals surface area contributed by atoms with Gasteiger partial charge in [0.25, 0.3) is 0 Å². The highest BCUT2D eigenvalue weighted by molar-refractivity contribution is 6.04. The Morgan fingerprint density at radius 1 is 1.67 bits per heavy atom. The van der Waals surface area contributed by atoms with Gasteiger partial charge in [0.15, 0.2) is 5.78 Å². The summed E-state index contributed by atoms with van der Waals surface area (Å²) in [6.45, 7) is -4.46. The van der Waals surface area contributed by atoms with Crippen LogP contribution in [0, 0.1) is 0 Å². The Labute approximate surface area is 57.7 Å². The lowest BCUT2D eigenvalue weighted by Crippen LogP contribution is -2.41. The maximum Gasteiger partial charge on any atom is 0.343 e. The minimum Gasteiger partial charge on any atom is -0.479 e. The maximum atomic E-state index is 10.7. The predicted molar refractivity (Wildman–Crippen MR) is 28.9 cm³/mol. The minimum atomic E-state index is -3.46. The fraction of sp³-hybridized carbons (Fsp3) is 0.600. The molecule has 0 spiro atoms. The average molecular weight is 137 g/mol. The highest BCUT2D eigenvalue weighted by atomic mass is 16.4. The molecule has 0 radical (unpaired) electrons. The number of aliphatic hydroxyl groups is 1. The van der Waals surface area contributed by atoms with Gasteiger partial charge < -0.3 is 10.2 Å². The smallest absolute Gasteiger partial charge is 0.343 e. The van der Waals surface area contributed by atoms with Crippen molar-refractivity contribution < 1.29 is 25.3 Å². The second kappa shape index (κ2) is 2.14. The highest BCUT2D eigenvalue weighted by Crippen LogP contribution is 2.03. The first-order chi connectivity index (χ1) is 5.67. The molecule has 0 saturated carbocycles. The summed E-state index contributed by atoms with van der Waals surface area (Å²) in [5.74, 6) is -3.72. The van der Waals surface area contributed by atoms with Gasteiger partial charge in [0, 0.05) is 5.48 Å². The normalized spacial score (nSPS) is 24.1. The lowest BCUT2D eigenvalue weighted by molar-refractivity contribution is -0.162. The Bertz CT molecular complexity index is 235. The Kier molecular flexibility index (Phi) is 0.790. The molecule has 52 valence electrons. The maximum absolute atomic E-state index is 10.7. The van der Waals surface area contributed by atoms with Gasteiger partial charge in [-0.2, -0.15) is 0 Å². The third-order valence-corrected chi connectivity index (χ3v) is 0.713. The molecule has 0 rings (SSSR count). The summed E-state index contributed by atoms with van der Waals surface area (Å²) in [6.07, 6.45) is 0. The molecule has 9 heavy (non-hydrogen) atoms. The molecule has 0 saturated heterocycles. The van der Waals surface area contributed by atoms with Gasteiger partial charge >= 0.3 is 5.97 Å². The van der Waals surface area contributed by atoms with Crippen molar-refractivity contribution in [3.8, 4) is 0 Å². The molecule has 0 aromatic rings. The molecule has 1 atom stereocenters. The second-order valence-corrected chi connectivity index (χ2v) is 1.44. The predicted octanol–water partition coefficient (Wildman–Crippen LogP) is -0.589. The molecule has 0 heterocycles. The van der Waals surface area contributed by atoms with Gasteiger partial charge in [-0.05, 0) is 13.8 Å². The standard InChI is InChI=1S/C5H8O4/c1-3(6)5(2,9)4(7)8/h9H,1-2H3,(H,7,8)/i1+1D,2D3. The summed E-state index contributed by atoms with van der Waals surface area (Å²) < 4.78 is 26.5. The second-order valence-electron chi connectivity index (χ2n) is 1.44. The van der Waals surface area contributed by atoms with Gasteiger partial charge in [0.1, 0.15) is 0 Å². The number of carbonyl (C=O) groups is 2. The fourth-order valence-corrected chi connectivity index (χ4v) is 0.119. The van der Waals surface area contributed by atoms with Crippen LogP contribution in [0.5, 0.6) is 0 Å². The summed E-state index contributed by atoms with van der Waals surface area (Å²) in [7, 11) is 0. The molecular formula is C5H8O4. The van der Waals surface area contributed by atoms with E-state index in [1.54, 1.807) is 0 Å². The first kappa shape index (κ1) is 3.31. The topological polar surface area (TPSA) is 74.6 Å². The molecule has 0 amide bonds. The van der Waals surface area contributed by atoms with Gasteiger partial charge in [-0.25, -0.2) is 4.79 Å². The van der Waals surface area contributed by atoms with E-state index in [1.807, 2.05) is 0 Å². The lowest BCUT2D eigenvalue weighted by atomic mass is 10.1. The van der Waals surface area contributed by atoms with E-state index in [2.05, 4.69) is 0 Å². The van der Waals surface area contributed by atoms with Crippen molar-refractivity contribution in [1.82, 2.24) is 0 Å². The highest BCUT2D eigenvalue weighted by Gasteiger charge is 2.35. The Balaban J connectivity index is 5.20. The summed E-state index contributed by atoms with van der Waals surface area (Å²) >= 11 is 0. The van der Waals surface area contributed by atoms with Crippen LogP contribution in [-0.4, -0.2) is 27.6 Å². The number of ketones is 1. The molecule has 0 aliphatic rings. The molecule has 0 aromatic carbocycles. The summed E-state index contributed by atoms with van der Waals surface area (Å²) in [4.78, 5) is 21.1. The molecule has 4 nitrogen and oxygen atoms in total. The Morgan fingerprint density at radius 2 is 2.22 bits per heavy atom. The molecule has 2 N–H and O–H groups in total. The molecule has 0 aliphatic heterocycles. The SMILES string of the molecule is [2H][13CH2]C(=O)C(O)(C(=O)O)C([2H])([2H])[2H]. The number of hydrogen-bond donors (Lipinski definition) is 2. The molecule has 0 aliphatic carbocycles. The Morgan fingerprint density at radius 3 is 2.33 bits per heavy atom. The van der Waals surface area contributed by atoms with E-state index >= 15 is 0 Å². The number of aliphatic carboxylic acids is 1. The van der Waals surface area contributed by atoms with Gasteiger partial charge in [-0.1, -0.05) is 0 Å². The van der Waals surface area contributed by atoms with E-state index in [0.717, 1.165) is 0 Å². The third kappa shape index (κ3) is 1.50. The number of rotatable bonds is 2. The van der Waals surface area contributed by atoms with Crippen molar-refractivity contribution in [3.05, 3.63) is 0 Å². The summed E-state index contributed by atoms with van der Waals surface area (Å²) in [6, 6.07) is 0. The van der Waals surface area contributed by atoms with Gasteiger partial charge in [0.2, 0.25) is 5.60 Å². The van der Waals surface area contributed by atoms with Gasteiger partial charge in [0.05, 0.1) is 0 Å².